The van der Waals surface area contributed by atoms with Crippen LogP contribution in [0, 0.1) is 22.2 Å². The average Bonchev–Trinajstić information content (AvgIpc) is 2.73. The second kappa shape index (κ2) is 2.62. The van der Waals surface area contributed by atoms with Crippen molar-refractivity contribution in [2.75, 3.05) is 13.2 Å². The minimum Gasteiger partial charge on any atom is -0.461 e. The molecule has 2 N–H and O–H groups in total. The number of carbonyl (C=O) groups is 1. The molecule has 4 nitrogen and oxygen atoms in total. The summed E-state index contributed by atoms with van der Waals surface area (Å²) in [5.41, 5.74) is -1.28. The second-order valence-corrected chi connectivity index (χ2v) is 6.13. The Bertz CT molecular complexity index is 368. The van der Waals surface area contributed by atoms with E-state index in [1.54, 1.807) is 0 Å². The van der Waals surface area contributed by atoms with Gasteiger partial charge >= 0.3 is 5.97 Å². The maximum absolute atomic E-state index is 12.0. The Morgan fingerprint density at radius 3 is 2.56 bits per heavy atom. The molecule has 0 amide bonds. The van der Waals surface area contributed by atoms with E-state index in [0.717, 1.165) is 0 Å². The van der Waals surface area contributed by atoms with Crippen LogP contribution in [0.15, 0.2) is 0 Å². The maximum Gasteiger partial charge on any atom is 0.312 e. The van der Waals surface area contributed by atoms with Gasteiger partial charge in [0.15, 0.2) is 0 Å². The molecule has 3 rings (SSSR count). The summed E-state index contributed by atoms with van der Waals surface area (Å²) in [7, 11) is 0. The van der Waals surface area contributed by atoms with Crippen molar-refractivity contribution < 1.29 is 19.7 Å². The normalized spacial score (nSPS) is 58.1. The highest BCUT2D eigenvalue weighted by Crippen LogP contribution is 2.75. The van der Waals surface area contributed by atoms with Crippen molar-refractivity contribution >= 4 is 5.97 Å². The van der Waals surface area contributed by atoms with E-state index in [9.17, 15) is 15.0 Å². The molecule has 1 aliphatic heterocycles. The topological polar surface area (TPSA) is 66.8 Å². The van der Waals surface area contributed by atoms with Crippen LogP contribution in [0.1, 0.15) is 26.7 Å². The number of ether oxygens (including phenoxy) is 1. The number of esters is 1. The van der Waals surface area contributed by atoms with Crippen LogP contribution in [-0.2, 0) is 9.53 Å². The summed E-state index contributed by atoms with van der Waals surface area (Å²) in [5.74, 6) is -0.0459. The molecule has 0 radical (unpaired) electrons. The van der Waals surface area contributed by atoms with Crippen LogP contribution in [0.2, 0.25) is 0 Å². The van der Waals surface area contributed by atoms with E-state index in [-0.39, 0.29) is 36.6 Å². The first-order valence-electron chi connectivity index (χ1n) is 5.89. The minimum atomic E-state index is -0.596. The zero-order valence-electron chi connectivity index (χ0n) is 9.69. The monoisotopic (exact) mass is 226 g/mol. The molecule has 3 aliphatic rings. The summed E-state index contributed by atoms with van der Waals surface area (Å²) in [6.07, 6.45) is 1.14. The number of fused-ring (bicyclic) bond motifs is 1. The summed E-state index contributed by atoms with van der Waals surface area (Å²) >= 11 is 0. The fourth-order valence-corrected chi connectivity index (χ4v) is 4.61. The molecule has 1 saturated heterocycles. The molecule has 2 bridgehead atoms. The molecule has 0 aromatic rings. The van der Waals surface area contributed by atoms with E-state index in [1.165, 1.54) is 0 Å². The van der Waals surface area contributed by atoms with Crippen LogP contribution in [0.4, 0.5) is 0 Å². The van der Waals surface area contributed by atoms with Gasteiger partial charge in [-0.1, -0.05) is 6.92 Å². The number of rotatable bonds is 2. The van der Waals surface area contributed by atoms with E-state index in [2.05, 4.69) is 0 Å². The van der Waals surface area contributed by atoms with E-state index in [0.29, 0.717) is 12.8 Å². The number of hydrogen-bond donors (Lipinski definition) is 2. The predicted octanol–water partition coefficient (Wildman–Crippen LogP) is 0.319. The van der Waals surface area contributed by atoms with Gasteiger partial charge in [-0.25, -0.2) is 0 Å². The largest absolute Gasteiger partial charge is 0.461 e. The molecule has 2 saturated carbocycles. The highest BCUT2D eigenvalue weighted by Gasteiger charge is 2.80. The van der Waals surface area contributed by atoms with Gasteiger partial charge in [0.25, 0.3) is 0 Å². The van der Waals surface area contributed by atoms with Crippen molar-refractivity contribution in [3.8, 4) is 0 Å². The molecule has 2 aliphatic carbocycles. The summed E-state index contributed by atoms with van der Waals surface area (Å²) in [4.78, 5) is 12.0. The van der Waals surface area contributed by atoms with Crippen molar-refractivity contribution in [3.05, 3.63) is 0 Å². The maximum atomic E-state index is 12.0. The van der Waals surface area contributed by atoms with E-state index in [4.69, 9.17) is 4.74 Å². The first-order valence-corrected chi connectivity index (χ1v) is 5.89. The van der Waals surface area contributed by atoms with Crippen LogP contribution in [0.5, 0.6) is 0 Å². The summed E-state index contributed by atoms with van der Waals surface area (Å²) in [6, 6.07) is 0. The Balaban J connectivity index is 2.18. The Morgan fingerprint density at radius 2 is 2.06 bits per heavy atom. The lowest BCUT2D eigenvalue weighted by atomic mass is 9.61. The quantitative estimate of drug-likeness (QED) is 0.665. The Morgan fingerprint density at radius 1 is 1.38 bits per heavy atom. The molecule has 4 heteroatoms. The minimum absolute atomic E-state index is 0.0218. The third kappa shape index (κ3) is 0.749. The highest BCUT2D eigenvalue weighted by atomic mass is 16.6. The molecule has 16 heavy (non-hydrogen) atoms. The molecule has 5 atom stereocenters. The van der Waals surface area contributed by atoms with E-state index < -0.39 is 10.8 Å². The SMILES string of the molecule is CC1C2OC(=O)C3(C)CC1(CO)CC23CO. The Kier molecular flexibility index (Phi) is 1.72. The molecular weight excluding hydrogens is 208 g/mol. The van der Waals surface area contributed by atoms with Gasteiger partial charge in [0.1, 0.15) is 6.10 Å². The van der Waals surface area contributed by atoms with Crippen molar-refractivity contribution in [2.24, 2.45) is 22.2 Å². The predicted molar refractivity (Wildman–Crippen MR) is 55.4 cm³/mol. The fourth-order valence-electron chi connectivity index (χ4n) is 4.61. The molecule has 90 valence electrons. The van der Waals surface area contributed by atoms with Crippen molar-refractivity contribution in [2.45, 2.75) is 32.8 Å². The summed E-state index contributed by atoms with van der Waals surface area (Å²) in [5, 5.41) is 19.4. The van der Waals surface area contributed by atoms with Gasteiger partial charge in [-0.05, 0) is 19.8 Å². The number of hydrogen-bond acceptors (Lipinski definition) is 4. The van der Waals surface area contributed by atoms with E-state index >= 15 is 0 Å². The van der Waals surface area contributed by atoms with Crippen molar-refractivity contribution in [3.63, 3.8) is 0 Å². The number of aliphatic hydroxyl groups is 2. The van der Waals surface area contributed by atoms with Gasteiger partial charge in [0.05, 0.1) is 12.0 Å². The number of aliphatic hydroxyl groups excluding tert-OH is 2. The molecule has 5 unspecified atom stereocenters. The van der Waals surface area contributed by atoms with Crippen LogP contribution >= 0.6 is 0 Å². The molecular formula is C12H18O4. The van der Waals surface area contributed by atoms with Gasteiger partial charge < -0.3 is 14.9 Å². The summed E-state index contributed by atoms with van der Waals surface area (Å²) in [6.45, 7) is 3.97. The lowest BCUT2D eigenvalue weighted by Crippen LogP contribution is -2.47. The standard InChI is InChI=1S/C12H18O4/c1-7-8-12(6-14)4-11(7,5-13)3-10(12,2)9(15)16-8/h7-8,13-14H,3-6H2,1-2H3. The van der Waals surface area contributed by atoms with Gasteiger partial charge in [-0.2, -0.15) is 0 Å². The third-order valence-corrected chi connectivity index (χ3v) is 5.72. The average molecular weight is 226 g/mol. The van der Waals surface area contributed by atoms with Crippen LogP contribution in [-0.4, -0.2) is 35.5 Å². The fraction of sp³-hybridized carbons (Fsp3) is 0.917. The first-order chi connectivity index (χ1) is 7.46. The van der Waals surface area contributed by atoms with Crippen LogP contribution < -0.4 is 0 Å². The molecule has 0 spiro atoms. The molecule has 3 fully saturated rings. The Labute approximate surface area is 94.6 Å². The van der Waals surface area contributed by atoms with Gasteiger partial charge in [0, 0.05) is 23.4 Å². The van der Waals surface area contributed by atoms with Crippen molar-refractivity contribution in [1.29, 1.82) is 0 Å². The Hall–Kier alpha value is -0.610. The third-order valence-electron chi connectivity index (χ3n) is 5.72. The van der Waals surface area contributed by atoms with E-state index in [1.807, 2.05) is 13.8 Å². The first kappa shape index (κ1) is 10.5. The smallest absolute Gasteiger partial charge is 0.312 e. The second-order valence-electron chi connectivity index (χ2n) is 6.13. The number of carbonyl (C=O) groups excluding carboxylic acids is 1. The van der Waals surface area contributed by atoms with Crippen LogP contribution in [0.25, 0.3) is 0 Å². The molecule has 0 aromatic heterocycles. The lowest BCUT2D eigenvalue weighted by molar-refractivity contribution is -0.147. The van der Waals surface area contributed by atoms with Gasteiger partial charge in [-0.15, -0.1) is 0 Å². The summed E-state index contributed by atoms with van der Waals surface area (Å²) < 4.78 is 5.47. The highest BCUT2D eigenvalue weighted by molar-refractivity contribution is 5.82. The molecule has 0 aromatic carbocycles. The molecule has 1 heterocycles. The zero-order chi connectivity index (χ0) is 11.8. The van der Waals surface area contributed by atoms with Crippen molar-refractivity contribution in [1.82, 2.24) is 0 Å². The van der Waals surface area contributed by atoms with Gasteiger partial charge in [0.2, 0.25) is 0 Å². The van der Waals surface area contributed by atoms with Crippen LogP contribution in [0.3, 0.4) is 0 Å². The lowest BCUT2D eigenvalue weighted by Gasteiger charge is -2.40. The van der Waals surface area contributed by atoms with Gasteiger partial charge in [-0.3, -0.25) is 4.79 Å². The zero-order valence-corrected chi connectivity index (χ0v) is 9.69.